The molecular formula is C10H5ClF3N3OS. The summed E-state index contributed by atoms with van der Waals surface area (Å²) in [6.45, 7) is 0. The van der Waals surface area contributed by atoms with Crippen LogP contribution in [0.5, 0.6) is 0 Å². The van der Waals surface area contributed by atoms with Gasteiger partial charge in [-0.1, -0.05) is 16.1 Å². The predicted molar refractivity (Wildman–Crippen MR) is 64.3 cm³/mol. The Morgan fingerprint density at radius 1 is 1.37 bits per heavy atom. The van der Waals surface area contributed by atoms with Gasteiger partial charge in [0.15, 0.2) is 0 Å². The van der Waals surface area contributed by atoms with Crippen molar-refractivity contribution in [1.82, 2.24) is 9.59 Å². The maximum absolute atomic E-state index is 12.6. The fourth-order valence-corrected chi connectivity index (χ4v) is 1.92. The Bertz CT molecular complexity index is 601. The van der Waals surface area contributed by atoms with E-state index < -0.39 is 22.7 Å². The van der Waals surface area contributed by atoms with Gasteiger partial charge < -0.3 is 5.32 Å². The molecule has 0 saturated carbocycles. The number of anilines is 1. The Hall–Kier alpha value is -1.67. The summed E-state index contributed by atoms with van der Waals surface area (Å²) in [7, 11) is 0. The summed E-state index contributed by atoms with van der Waals surface area (Å²) in [6, 6.07) is 3.13. The van der Waals surface area contributed by atoms with Crippen LogP contribution >= 0.6 is 23.1 Å². The molecule has 0 atom stereocenters. The number of alkyl halides is 3. The fraction of sp³-hybridized carbons (Fsp3) is 0.100. The van der Waals surface area contributed by atoms with Gasteiger partial charge in [0.1, 0.15) is 4.88 Å². The molecule has 0 unspecified atom stereocenters. The average Bonchev–Trinajstić information content (AvgIpc) is 2.83. The van der Waals surface area contributed by atoms with E-state index in [0.29, 0.717) is 0 Å². The Morgan fingerprint density at radius 3 is 2.68 bits per heavy atom. The molecule has 0 bridgehead atoms. The maximum Gasteiger partial charge on any atom is 0.417 e. The molecule has 0 saturated heterocycles. The number of hydrogen-bond donors (Lipinski definition) is 1. The highest BCUT2D eigenvalue weighted by atomic mass is 35.5. The Balaban J connectivity index is 2.25. The third-order valence-corrected chi connectivity index (χ3v) is 3.11. The van der Waals surface area contributed by atoms with Crippen LogP contribution in [0.3, 0.4) is 0 Å². The van der Waals surface area contributed by atoms with E-state index in [1.165, 1.54) is 12.3 Å². The molecule has 0 radical (unpaired) electrons. The summed E-state index contributed by atoms with van der Waals surface area (Å²) < 4.78 is 41.4. The quantitative estimate of drug-likeness (QED) is 0.924. The minimum absolute atomic E-state index is 0.00451. The van der Waals surface area contributed by atoms with Crippen molar-refractivity contribution in [2.24, 2.45) is 0 Å². The summed E-state index contributed by atoms with van der Waals surface area (Å²) >= 11 is 6.31. The Kier molecular flexibility index (Phi) is 3.72. The van der Waals surface area contributed by atoms with Gasteiger partial charge in [-0.25, -0.2) is 0 Å². The van der Waals surface area contributed by atoms with Crippen LogP contribution in [-0.2, 0) is 6.18 Å². The number of amides is 1. The van der Waals surface area contributed by atoms with E-state index in [2.05, 4.69) is 14.9 Å². The van der Waals surface area contributed by atoms with Gasteiger partial charge in [0.05, 0.1) is 16.8 Å². The molecule has 19 heavy (non-hydrogen) atoms. The highest BCUT2D eigenvalue weighted by molar-refractivity contribution is 7.07. The summed E-state index contributed by atoms with van der Waals surface area (Å²) in [5.74, 6) is -0.578. The molecule has 0 aliphatic carbocycles. The third kappa shape index (κ3) is 3.21. The number of hydrogen-bond acceptors (Lipinski definition) is 4. The molecule has 1 heterocycles. The standard InChI is InChI=1S/C10H5ClF3N3OS/c11-7-2-1-5(3-6(7)10(12,13)14)16-9(18)8-4-15-17-19-8/h1-4H,(H,16,18). The minimum Gasteiger partial charge on any atom is -0.321 e. The number of rotatable bonds is 2. The number of nitrogens with zero attached hydrogens (tertiary/aromatic N) is 2. The molecule has 1 amide bonds. The summed E-state index contributed by atoms with van der Waals surface area (Å²) in [5, 5.41) is 5.35. The molecule has 0 fully saturated rings. The first-order valence-electron chi connectivity index (χ1n) is 4.83. The smallest absolute Gasteiger partial charge is 0.321 e. The van der Waals surface area contributed by atoms with Crippen molar-refractivity contribution >= 4 is 34.7 Å². The van der Waals surface area contributed by atoms with Crippen molar-refractivity contribution in [1.29, 1.82) is 0 Å². The van der Waals surface area contributed by atoms with Crippen molar-refractivity contribution in [3.05, 3.63) is 39.9 Å². The molecular weight excluding hydrogens is 303 g/mol. The zero-order valence-electron chi connectivity index (χ0n) is 9.03. The molecule has 9 heteroatoms. The van der Waals surface area contributed by atoms with Crippen molar-refractivity contribution in [2.75, 3.05) is 5.32 Å². The lowest BCUT2D eigenvalue weighted by Crippen LogP contribution is -2.12. The van der Waals surface area contributed by atoms with Gasteiger partial charge >= 0.3 is 6.18 Å². The molecule has 2 rings (SSSR count). The molecule has 0 spiro atoms. The van der Waals surface area contributed by atoms with Crippen LogP contribution in [-0.4, -0.2) is 15.5 Å². The summed E-state index contributed by atoms with van der Waals surface area (Å²) in [6.07, 6.45) is -3.36. The molecule has 1 aromatic carbocycles. The fourth-order valence-electron chi connectivity index (χ4n) is 1.28. The van der Waals surface area contributed by atoms with Gasteiger partial charge in [-0.05, 0) is 29.7 Å². The number of benzene rings is 1. The van der Waals surface area contributed by atoms with Crippen molar-refractivity contribution in [3.63, 3.8) is 0 Å². The Labute approximate surface area is 114 Å². The van der Waals surface area contributed by atoms with Crippen molar-refractivity contribution in [2.45, 2.75) is 6.18 Å². The van der Waals surface area contributed by atoms with E-state index >= 15 is 0 Å². The van der Waals surface area contributed by atoms with Crippen LogP contribution < -0.4 is 5.32 Å². The van der Waals surface area contributed by atoms with Crippen LogP contribution in [0.25, 0.3) is 0 Å². The number of aromatic nitrogens is 2. The Morgan fingerprint density at radius 2 is 2.11 bits per heavy atom. The number of halogens is 4. The van der Waals surface area contributed by atoms with Crippen molar-refractivity contribution < 1.29 is 18.0 Å². The summed E-state index contributed by atoms with van der Waals surface area (Å²) in [4.78, 5) is 11.8. The minimum atomic E-state index is -4.58. The first-order chi connectivity index (χ1) is 8.88. The first-order valence-corrected chi connectivity index (χ1v) is 5.98. The van der Waals surface area contributed by atoms with E-state index in [-0.39, 0.29) is 10.6 Å². The lowest BCUT2D eigenvalue weighted by molar-refractivity contribution is -0.137. The van der Waals surface area contributed by atoms with Crippen molar-refractivity contribution in [3.8, 4) is 0 Å². The SMILES string of the molecule is O=C(Nc1ccc(Cl)c(C(F)(F)F)c1)c1cnns1. The lowest BCUT2D eigenvalue weighted by Gasteiger charge is -2.11. The molecule has 0 aliphatic rings. The van der Waals surface area contributed by atoms with E-state index in [9.17, 15) is 18.0 Å². The monoisotopic (exact) mass is 307 g/mol. The molecule has 0 aliphatic heterocycles. The zero-order valence-corrected chi connectivity index (χ0v) is 10.6. The zero-order chi connectivity index (χ0) is 14.0. The second-order valence-corrected chi connectivity index (χ2v) is 4.62. The van der Waals surface area contributed by atoms with Gasteiger partial charge in [0, 0.05) is 5.69 Å². The van der Waals surface area contributed by atoms with Gasteiger partial charge in [0.2, 0.25) is 0 Å². The topological polar surface area (TPSA) is 54.9 Å². The molecule has 4 nitrogen and oxygen atoms in total. The maximum atomic E-state index is 12.6. The lowest BCUT2D eigenvalue weighted by atomic mass is 10.2. The van der Waals surface area contributed by atoms with Crippen LogP contribution in [0, 0.1) is 0 Å². The molecule has 1 N–H and O–H groups in total. The van der Waals surface area contributed by atoms with Crippen LogP contribution in [0.4, 0.5) is 18.9 Å². The van der Waals surface area contributed by atoms with E-state index in [1.807, 2.05) is 0 Å². The van der Waals surface area contributed by atoms with E-state index in [4.69, 9.17) is 11.6 Å². The van der Waals surface area contributed by atoms with Gasteiger partial charge in [-0.3, -0.25) is 4.79 Å². The summed E-state index contributed by atoms with van der Waals surface area (Å²) in [5.41, 5.74) is -1.01. The molecule has 2 aromatic rings. The predicted octanol–water partition coefficient (Wildman–Crippen LogP) is 3.46. The second kappa shape index (κ2) is 5.14. The first kappa shape index (κ1) is 13.8. The van der Waals surface area contributed by atoms with Gasteiger partial charge in [-0.15, -0.1) is 5.10 Å². The highest BCUT2D eigenvalue weighted by Gasteiger charge is 2.33. The number of carbonyl (C=O) groups is 1. The second-order valence-electron chi connectivity index (χ2n) is 3.43. The normalized spacial score (nSPS) is 11.4. The number of carbonyl (C=O) groups excluding carboxylic acids is 1. The molecule has 100 valence electrons. The van der Waals surface area contributed by atoms with E-state index in [1.54, 1.807) is 0 Å². The van der Waals surface area contributed by atoms with Crippen LogP contribution in [0.1, 0.15) is 15.2 Å². The third-order valence-electron chi connectivity index (χ3n) is 2.11. The van der Waals surface area contributed by atoms with Gasteiger partial charge in [0.25, 0.3) is 5.91 Å². The number of nitrogens with one attached hydrogen (secondary N) is 1. The largest absolute Gasteiger partial charge is 0.417 e. The van der Waals surface area contributed by atoms with Gasteiger partial charge in [-0.2, -0.15) is 13.2 Å². The van der Waals surface area contributed by atoms with E-state index in [0.717, 1.165) is 23.7 Å². The average molecular weight is 308 g/mol. The highest BCUT2D eigenvalue weighted by Crippen LogP contribution is 2.36. The van der Waals surface area contributed by atoms with Crippen LogP contribution in [0.15, 0.2) is 24.4 Å². The molecule has 1 aromatic heterocycles. The van der Waals surface area contributed by atoms with Crippen LogP contribution in [0.2, 0.25) is 5.02 Å².